The molecule has 2 atom stereocenters. The van der Waals surface area contributed by atoms with Gasteiger partial charge in [0.2, 0.25) is 5.95 Å². The van der Waals surface area contributed by atoms with Crippen LogP contribution in [0.15, 0.2) is 11.4 Å². The molecule has 2 N–H and O–H groups in total. The molecule has 2 unspecified atom stereocenters. The Morgan fingerprint density at radius 3 is 2.79 bits per heavy atom. The van der Waals surface area contributed by atoms with E-state index < -0.39 is 0 Å². The van der Waals surface area contributed by atoms with Crippen LogP contribution in [0.4, 0.5) is 11.8 Å². The molecule has 0 aliphatic carbocycles. The van der Waals surface area contributed by atoms with E-state index in [0.717, 1.165) is 28.4 Å². The number of anilines is 2. The lowest BCUT2D eigenvalue weighted by Gasteiger charge is -2.18. The van der Waals surface area contributed by atoms with E-state index in [1.165, 1.54) is 6.42 Å². The van der Waals surface area contributed by atoms with Crippen molar-refractivity contribution in [2.24, 2.45) is 5.92 Å². The molecule has 0 spiro atoms. The van der Waals surface area contributed by atoms with Gasteiger partial charge in [-0.3, -0.25) is 0 Å². The van der Waals surface area contributed by atoms with Crippen LogP contribution < -0.4 is 10.6 Å². The fourth-order valence-corrected chi connectivity index (χ4v) is 2.90. The number of nitrogens with zero attached hydrogens (tertiary/aromatic N) is 2. The molecule has 0 bridgehead atoms. The summed E-state index contributed by atoms with van der Waals surface area (Å²) in [6.45, 7) is 6.74. The first-order chi connectivity index (χ1) is 9.13. The molecule has 19 heavy (non-hydrogen) atoms. The number of thiophene rings is 1. The molecule has 0 radical (unpaired) electrons. The molecular weight excluding hydrogens is 256 g/mol. The van der Waals surface area contributed by atoms with Gasteiger partial charge in [-0.2, -0.15) is 4.98 Å². The van der Waals surface area contributed by atoms with Gasteiger partial charge in [0, 0.05) is 13.1 Å². The maximum absolute atomic E-state index is 4.54. The molecule has 0 aromatic carbocycles. The van der Waals surface area contributed by atoms with Gasteiger partial charge in [0.25, 0.3) is 0 Å². The van der Waals surface area contributed by atoms with Crippen LogP contribution in [0.3, 0.4) is 0 Å². The molecule has 4 nitrogen and oxygen atoms in total. The number of fused-ring (bicyclic) bond motifs is 1. The quantitative estimate of drug-likeness (QED) is 0.839. The van der Waals surface area contributed by atoms with E-state index in [-0.39, 0.29) is 0 Å². The normalized spacial score (nSPS) is 14.3. The van der Waals surface area contributed by atoms with Crippen LogP contribution in [0, 0.1) is 5.92 Å². The lowest BCUT2D eigenvalue weighted by Crippen LogP contribution is -2.19. The van der Waals surface area contributed by atoms with Crippen molar-refractivity contribution in [2.45, 2.75) is 39.7 Å². The molecule has 0 saturated carbocycles. The second-order valence-corrected chi connectivity index (χ2v) is 5.97. The zero-order valence-corrected chi connectivity index (χ0v) is 12.8. The average Bonchev–Trinajstić information content (AvgIpc) is 2.86. The van der Waals surface area contributed by atoms with Crippen LogP contribution in [-0.4, -0.2) is 23.1 Å². The number of aromatic nitrogens is 2. The number of hydrogen-bond donors (Lipinski definition) is 2. The molecule has 0 saturated heterocycles. The molecule has 2 rings (SSSR count). The summed E-state index contributed by atoms with van der Waals surface area (Å²) in [6, 6.07) is 2.50. The molecule has 2 aromatic rings. The Hall–Kier alpha value is -1.36. The second kappa shape index (κ2) is 6.19. The van der Waals surface area contributed by atoms with Crippen LogP contribution in [0.2, 0.25) is 0 Å². The van der Waals surface area contributed by atoms with Crippen molar-refractivity contribution in [3.05, 3.63) is 11.4 Å². The first-order valence-electron chi connectivity index (χ1n) is 6.83. The van der Waals surface area contributed by atoms with E-state index in [1.54, 1.807) is 11.3 Å². The predicted octanol–water partition coefficient (Wildman–Crippen LogP) is 3.97. The molecule has 5 heteroatoms. The Bertz CT molecular complexity index is 537. The van der Waals surface area contributed by atoms with Gasteiger partial charge in [-0.25, -0.2) is 4.98 Å². The lowest BCUT2D eigenvalue weighted by atomic mass is 10.0. The second-order valence-electron chi connectivity index (χ2n) is 5.08. The minimum Gasteiger partial charge on any atom is -0.367 e. The summed E-state index contributed by atoms with van der Waals surface area (Å²) >= 11 is 1.65. The van der Waals surface area contributed by atoms with E-state index in [1.807, 2.05) is 7.05 Å². The van der Waals surface area contributed by atoms with Crippen molar-refractivity contribution in [1.29, 1.82) is 0 Å². The van der Waals surface area contributed by atoms with E-state index in [9.17, 15) is 0 Å². The summed E-state index contributed by atoms with van der Waals surface area (Å²) in [4.78, 5) is 10.0. The van der Waals surface area contributed by atoms with Crippen molar-refractivity contribution in [3.63, 3.8) is 0 Å². The van der Waals surface area contributed by atoms with Gasteiger partial charge in [0.15, 0.2) is 0 Å². The predicted molar refractivity (Wildman–Crippen MR) is 84.1 cm³/mol. The van der Waals surface area contributed by atoms with E-state index in [0.29, 0.717) is 12.0 Å². The SMILES string of the molecule is CCC(C)CC(C)Nc1nc(NC)nc2sccc12. The third-order valence-electron chi connectivity index (χ3n) is 3.38. The van der Waals surface area contributed by atoms with Gasteiger partial charge >= 0.3 is 0 Å². The van der Waals surface area contributed by atoms with E-state index in [2.05, 4.69) is 52.8 Å². The molecule has 0 aliphatic heterocycles. The topological polar surface area (TPSA) is 49.8 Å². The van der Waals surface area contributed by atoms with E-state index in [4.69, 9.17) is 0 Å². The molecular formula is C14H22N4S. The Labute approximate surface area is 118 Å². The van der Waals surface area contributed by atoms with Crippen LogP contribution >= 0.6 is 11.3 Å². The summed E-state index contributed by atoms with van der Waals surface area (Å²) in [5.41, 5.74) is 0. The zero-order valence-electron chi connectivity index (χ0n) is 12.0. The van der Waals surface area contributed by atoms with Crippen molar-refractivity contribution >= 4 is 33.3 Å². The Kier molecular flexibility index (Phi) is 4.58. The summed E-state index contributed by atoms with van der Waals surface area (Å²) < 4.78 is 0. The minimum atomic E-state index is 0.414. The number of hydrogen-bond acceptors (Lipinski definition) is 5. The average molecular weight is 278 g/mol. The standard InChI is InChI=1S/C14H22N4S/c1-5-9(2)8-10(3)16-12-11-6-7-19-13(11)18-14(15-4)17-12/h6-7,9-10H,5,8H2,1-4H3,(H2,15,16,17,18). The smallest absolute Gasteiger partial charge is 0.225 e. The molecule has 0 fully saturated rings. The summed E-state index contributed by atoms with van der Waals surface area (Å²) in [5.74, 6) is 2.34. The third kappa shape index (κ3) is 3.35. The van der Waals surface area contributed by atoms with E-state index >= 15 is 0 Å². The molecule has 104 valence electrons. The molecule has 0 amide bonds. The van der Waals surface area contributed by atoms with Gasteiger partial charge in [-0.1, -0.05) is 20.3 Å². The van der Waals surface area contributed by atoms with Crippen LogP contribution in [0.1, 0.15) is 33.6 Å². The Morgan fingerprint density at radius 1 is 1.32 bits per heavy atom. The number of rotatable bonds is 6. The monoisotopic (exact) mass is 278 g/mol. The van der Waals surface area contributed by atoms with Crippen LogP contribution in [-0.2, 0) is 0 Å². The highest BCUT2D eigenvalue weighted by atomic mass is 32.1. The highest BCUT2D eigenvalue weighted by molar-refractivity contribution is 7.16. The Balaban J connectivity index is 2.21. The van der Waals surface area contributed by atoms with Crippen molar-refractivity contribution in [2.75, 3.05) is 17.7 Å². The maximum atomic E-state index is 4.54. The highest BCUT2D eigenvalue weighted by Crippen LogP contribution is 2.27. The largest absolute Gasteiger partial charge is 0.367 e. The summed E-state index contributed by atoms with van der Waals surface area (Å²) in [5, 5.41) is 9.72. The van der Waals surface area contributed by atoms with Gasteiger partial charge in [0.1, 0.15) is 10.6 Å². The lowest BCUT2D eigenvalue weighted by molar-refractivity contribution is 0.483. The first kappa shape index (κ1) is 14.1. The molecule has 2 aromatic heterocycles. The zero-order chi connectivity index (χ0) is 13.8. The van der Waals surface area contributed by atoms with Gasteiger partial charge in [-0.05, 0) is 30.7 Å². The number of nitrogens with one attached hydrogen (secondary N) is 2. The fraction of sp³-hybridized carbons (Fsp3) is 0.571. The summed E-state index contributed by atoms with van der Waals surface area (Å²) in [7, 11) is 1.85. The third-order valence-corrected chi connectivity index (χ3v) is 4.19. The summed E-state index contributed by atoms with van der Waals surface area (Å²) in [6.07, 6.45) is 2.37. The van der Waals surface area contributed by atoms with Crippen molar-refractivity contribution in [3.8, 4) is 0 Å². The fourth-order valence-electron chi connectivity index (χ4n) is 2.14. The van der Waals surface area contributed by atoms with Crippen LogP contribution in [0.5, 0.6) is 0 Å². The van der Waals surface area contributed by atoms with Crippen molar-refractivity contribution in [1.82, 2.24) is 9.97 Å². The van der Waals surface area contributed by atoms with Gasteiger partial charge in [0.05, 0.1) is 5.39 Å². The first-order valence-corrected chi connectivity index (χ1v) is 7.71. The molecule has 2 heterocycles. The van der Waals surface area contributed by atoms with Gasteiger partial charge < -0.3 is 10.6 Å². The minimum absolute atomic E-state index is 0.414. The molecule has 0 aliphatic rings. The Morgan fingerprint density at radius 2 is 2.11 bits per heavy atom. The van der Waals surface area contributed by atoms with Crippen LogP contribution in [0.25, 0.3) is 10.2 Å². The maximum Gasteiger partial charge on any atom is 0.225 e. The van der Waals surface area contributed by atoms with Crippen molar-refractivity contribution < 1.29 is 0 Å². The van der Waals surface area contributed by atoms with Gasteiger partial charge in [-0.15, -0.1) is 11.3 Å². The highest BCUT2D eigenvalue weighted by Gasteiger charge is 2.12.